The van der Waals surface area contributed by atoms with Gasteiger partial charge in [0.05, 0.1) is 5.56 Å². The molecule has 2 amide bonds. The van der Waals surface area contributed by atoms with Crippen molar-refractivity contribution in [3.8, 4) is 0 Å². The number of benzene rings is 1. The molecule has 0 radical (unpaired) electrons. The van der Waals surface area contributed by atoms with Crippen LogP contribution < -0.4 is 5.32 Å². The second-order valence-electron chi connectivity index (χ2n) is 7.50. The minimum Gasteiger partial charge on any atom is -0.331 e. The number of nitrogens with one attached hydrogen (secondary N) is 1. The molecule has 27 heavy (non-hydrogen) atoms. The number of fused-ring (bicyclic) bond motifs is 3. The number of amides is 2. The first-order valence-electron chi connectivity index (χ1n) is 9.08. The third kappa shape index (κ3) is 3.03. The number of halogens is 1. The lowest BCUT2D eigenvalue weighted by molar-refractivity contribution is 0.0679. The van der Waals surface area contributed by atoms with E-state index in [2.05, 4.69) is 5.32 Å². The summed E-state index contributed by atoms with van der Waals surface area (Å²) in [6.07, 6.45) is 2.86. The number of rotatable bonds is 2. The van der Waals surface area contributed by atoms with Gasteiger partial charge in [0.1, 0.15) is 4.90 Å². The summed E-state index contributed by atoms with van der Waals surface area (Å²) in [4.78, 5) is 27.4. The summed E-state index contributed by atoms with van der Waals surface area (Å²) in [5.74, 6) is -0.664. The number of hydrogen-bond donors (Lipinski definition) is 1. The van der Waals surface area contributed by atoms with E-state index in [1.807, 2.05) is 4.90 Å². The Hall–Kier alpha value is -1.64. The molecule has 0 aliphatic carbocycles. The van der Waals surface area contributed by atoms with Gasteiger partial charge in [0.25, 0.3) is 21.8 Å². The van der Waals surface area contributed by atoms with Crippen LogP contribution in [0, 0.1) is 0 Å². The topological polar surface area (TPSA) is 86.8 Å². The van der Waals surface area contributed by atoms with E-state index >= 15 is 0 Å². The van der Waals surface area contributed by atoms with Crippen molar-refractivity contribution in [3.63, 3.8) is 0 Å². The fourth-order valence-electron chi connectivity index (χ4n) is 4.35. The first-order valence-corrected chi connectivity index (χ1v) is 10.5. The standard InChI is InChI=1S/C18H23N3O4S.ClH/c1-11(2)21-18(23)15-6-3-12(9-16(15)26(21,24)25)17(22)20-13-4-5-14(20)10-19-8-7-13;/h3,6,9,11,13-14,19H,4-5,7-8,10H2,1-2H3;1H. The van der Waals surface area contributed by atoms with Crippen LogP contribution in [0.2, 0.25) is 0 Å². The first kappa shape index (κ1) is 20.1. The Labute approximate surface area is 165 Å². The summed E-state index contributed by atoms with van der Waals surface area (Å²) < 4.78 is 26.4. The van der Waals surface area contributed by atoms with E-state index in [0.717, 1.165) is 36.7 Å². The molecule has 148 valence electrons. The van der Waals surface area contributed by atoms with Crippen LogP contribution in [0.1, 0.15) is 53.8 Å². The number of nitrogens with zero attached hydrogens (tertiary/aromatic N) is 2. The predicted octanol–water partition coefficient (Wildman–Crippen LogP) is 1.63. The van der Waals surface area contributed by atoms with Gasteiger partial charge in [-0.2, -0.15) is 0 Å². The normalized spacial score (nSPS) is 26.0. The Bertz CT molecular complexity index is 873. The molecule has 2 atom stereocenters. The maximum atomic E-state index is 13.1. The van der Waals surface area contributed by atoms with Crippen LogP contribution in [0.15, 0.2) is 23.1 Å². The number of carbonyl (C=O) groups excluding carboxylic acids is 2. The molecule has 2 bridgehead atoms. The third-order valence-electron chi connectivity index (χ3n) is 5.55. The van der Waals surface area contributed by atoms with Crippen molar-refractivity contribution < 1.29 is 18.0 Å². The molecule has 4 rings (SSSR count). The van der Waals surface area contributed by atoms with Crippen LogP contribution in [0.5, 0.6) is 0 Å². The number of sulfonamides is 1. The second-order valence-corrected chi connectivity index (χ2v) is 9.28. The molecular weight excluding hydrogens is 390 g/mol. The Morgan fingerprint density at radius 1 is 1.19 bits per heavy atom. The van der Waals surface area contributed by atoms with E-state index in [1.54, 1.807) is 19.9 Å². The quantitative estimate of drug-likeness (QED) is 0.796. The lowest BCUT2D eigenvalue weighted by Gasteiger charge is -2.28. The summed E-state index contributed by atoms with van der Waals surface area (Å²) >= 11 is 0. The second kappa shape index (κ2) is 7.07. The van der Waals surface area contributed by atoms with E-state index in [9.17, 15) is 18.0 Å². The van der Waals surface area contributed by atoms with Crippen molar-refractivity contribution in [1.82, 2.24) is 14.5 Å². The van der Waals surface area contributed by atoms with Crippen LogP contribution in [-0.2, 0) is 10.0 Å². The highest BCUT2D eigenvalue weighted by Gasteiger charge is 2.44. The van der Waals surface area contributed by atoms with Crippen molar-refractivity contribution in [2.45, 2.75) is 56.1 Å². The first-order chi connectivity index (χ1) is 12.3. The summed E-state index contributed by atoms with van der Waals surface area (Å²) in [6, 6.07) is 4.31. The minimum absolute atomic E-state index is 0. The zero-order chi connectivity index (χ0) is 18.6. The summed E-state index contributed by atoms with van der Waals surface area (Å²) in [5, 5.41) is 3.35. The molecule has 2 fully saturated rings. The molecule has 0 aromatic heterocycles. The average Bonchev–Trinajstić information content (AvgIpc) is 2.96. The average molecular weight is 414 g/mol. The van der Waals surface area contributed by atoms with Gasteiger partial charge in [-0.25, -0.2) is 12.7 Å². The van der Waals surface area contributed by atoms with Gasteiger partial charge in [-0.05, 0) is 57.9 Å². The van der Waals surface area contributed by atoms with E-state index in [1.165, 1.54) is 12.1 Å². The van der Waals surface area contributed by atoms with Crippen molar-refractivity contribution >= 4 is 34.2 Å². The highest BCUT2D eigenvalue weighted by atomic mass is 35.5. The third-order valence-corrected chi connectivity index (χ3v) is 7.55. The summed E-state index contributed by atoms with van der Waals surface area (Å²) in [5.41, 5.74) is 0.486. The maximum Gasteiger partial charge on any atom is 0.269 e. The summed E-state index contributed by atoms with van der Waals surface area (Å²) in [7, 11) is -3.90. The maximum absolute atomic E-state index is 13.1. The zero-order valence-corrected chi connectivity index (χ0v) is 17.0. The van der Waals surface area contributed by atoms with Gasteiger partial charge in [-0.3, -0.25) is 9.59 Å². The predicted molar refractivity (Wildman–Crippen MR) is 103 cm³/mol. The Balaban J connectivity index is 0.00000210. The molecule has 3 aliphatic rings. The SMILES string of the molecule is CC(C)N1C(=O)c2ccc(C(=O)N3C4CCNCC3CC4)cc2S1(=O)=O.Cl. The Kier molecular flexibility index (Phi) is 5.26. The van der Waals surface area contributed by atoms with Gasteiger partial charge in [0.15, 0.2) is 0 Å². The lowest BCUT2D eigenvalue weighted by Crippen LogP contribution is -2.42. The van der Waals surface area contributed by atoms with Crippen LogP contribution in [0.3, 0.4) is 0 Å². The van der Waals surface area contributed by atoms with Gasteiger partial charge < -0.3 is 10.2 Å². The van der Waals surface area contributed by atoms with Crippen LogP contribution in [0.4, 0.5) is 0 Å². The fourth-order valence-corrected chi connectivity index (χ4v) is 6.15. The Morgan fingerprint density at radius 2 is 1.89 bits per heavy atom. The highest BCUT2D eigenvalue weighted by Crippen LogP contribution is 2.34. The molecule has 9 heteroatoms. The van der Waals surface area contributed by atoms with Gasteiger partial charge in [-0.1, -0.05) is 0 Å². The van der Waals surface area contributed by atoms with Crippen LogP contribution >= 0.6 is 12.4 Å². The molecule has 0 saturated carbocycles. The minimum atomic E-state index is -3.90. The van der Waals surface area contributed by atoms with Gasteiger partial charge in [0, 0.05) is 30.2 Å². The lowest BCUT2D eigenvalue weighted by atomic mass is 10.1. The molecule has 1 aromatic rings. The van der Waals surface area contributed by atoms with E-state index in [-0.39, 0.29) is 40.9 Å². The molecular formula is C18H24ClN3O4S. The van der Waals surface area contributed by atoms with Crippen molar-refractivity contribution in [1.29, 1.82) is 0 Å². The van der Waals surface area contributed by atoms with Crippen molar-refractivity contribution in [2.75, 3.05) is 13.1 Å². The number of hydrogen-bond acceptors (Lipinski definition) is 5. The van der Waals surface area contributed by atoms with Gasteiger partial charge in [-0.15, -0.1) is 12.4 Å². The molecule has 1 N–H and O–H groups in total. The van der Waals surface area contributed by atoms with Crippen molar-refractivity contribution in [3.05, 3.63) is 29.3 Å². The summed E-state index contributed by atoms with van der Waals surface area (Å²) in [6.45, 7) is 4.98. The van der Waals surface area contributed by atoms with Crippen LogP contribution in [0.25, 0.3) is 0 Å². The Morgan fingerprint density at radius 3 is 2.59 bits per heavy atom. The molecule has 3 aliphatic heterocycles. The zero-order valence-electron chi connectivity index (χ0n) is 15.3. The fraction of sp³-hybridized carbons (Fsp3) is 0.556. The van der Waals surface area contributed by atoms with Crippen LogP contribution in [-0.4, -0.2) is 60.7 Å². The molecule has 7 nitrogen and oxygen atoms in total. The number of carbonyl (C=O) groups is 2. The molecule has 2 saturated heterocycles. The van der Waals surface area contributed by atoms with E-state index < -0.39 is 22.0 Å². The largest absolute Gasteiger partial charge is 0.331 e. The smallest absolute Gasteiger partial charge is 0.269 e. The van der Waals surface area contributed by atoms with Gasteiger partial charge in [0.2, 0.25) is 0 Å². The molecule has 0 spiro atoms. The monoisotopic (exact) mass is 413 g/mol. The van der Waals surface area contributed by atoms with Gasteiger partial charge >= 0.3 is 0 Å². The van der Waals surface area contributed by atoms with Crippen molar-refractivity contribution in [2.24, 2.45) is 0 Å². The van der Waals surface area contributed by atoms with E-state index in [4.69, 9.17) is 0 Å². The highest BCUT2D eigenvalue weighted by molar-refractivity contribution is 7.90. The molecule has 1 aromatic carbocycles. The van der Waals surface area contributed by atoms with E-state index in [0.29, 0.717) is 5.56 Å². The molecule has 3 heterocycles. The molecule has 2 unspecified atom stereocenters.